The molecule has 1 aliphatic rings. The van der Waals surface area contributed by atoms with Crippen LogP contribution in [0.5, 0.6) is 0 Å². The molecule has 2 aromatic heterocycles. The fraction of sp³-hybridized carbons (Fsp3) is 0.286. The highest BCUT2D eigenvalue weighted by atomic mass is 35.5. The minimum atomic E-state index is -3.67. The zero-order chi connectivity index (χ0) is 22.6. The molecule has 0 aliphatic carbocycles. The van der Waals surface area contributed by atoms with Gasteiger partial charge in [-0.1, -0.05) is 11.6 Å². The van der Waals surface area contributed by atoms with E-state index in [1.165, 1.54) is 38.2 Å². The van der Waals surface area contributed by atoms with E-state index in [4.69, 9.17) is 17.3 Å². The first-order valence-corrected chi connectivity index (χ1v) is 11.5. The lowest BCUT2D eigenvalue weighted by molar-refractivity contribution is 0.476. The van der Waals surface area contributed by atoms with Gasteiger partial charge in [0.05, 0.1) is 10.8 Å². The number of anilines is 2. The number of nitrogens with two attached hydrogens (primary N) is 1. The first-order chi connectivity index (χ1) is 14.4. The topological polar surface area (TPSA) is 110 Å². The molecule has 3 N–H and O–H groups in total. The van der Waals surface area contributed by atoms with Gasteiger partial charge in [-0.15, -0.1) is 0 Å². The quantitative estimate of drug-likeness (QED) is 0.611. The van der Waals surface area contributed by atoms with Crippen LogP contribution in [0.15, 0.2) is 47.7 Å². The molecule has 0 amide bonds. The number of fused-ring (bicyclic) bond motifs is 1. The molecule has 1 aromatic carbocycles. The van der Waals surface area contributed by atoms with E-state index in [1.807, 2.05) is 0 Å². The number of hydrogen-bond donors (Lipinski definition) is 2. The Hall–Kier alpha value is -2.78. The van der Waals surface area contributed by atoms with Crippen molar-refractivity contribution >= 4 is 49.7 Å². The second kappa shape index (κ2) is 7.13. The van der Waals surface area contributed by atoms with Crippen LogP contribution in [0.3, 0.4) is 0 Å². The summed E-state index contributed by atoms with van der Waals surface area (Å²) in [6.07, 6.45) is 3.12. The van der Waals surface area contributed by atoms with E-state index < -0.39 is 25.9 Å². The molecule has 0 radical (unpaired) electrons. The molecule has 0 saturated carbocycles. The average molecular weight is 462 g/mol. The molecule has 0 unspecified atom stereocenters. The van der Waals surface area contributed by atoms with Crippen LogP contribution in [-0.4, -0.2) is 34.7 Å². The standard InChI is InChI=1S/C21H21ClFN5O2S/c1-20(2)19(24)28-21(3,11-31(20,29)30)15-9-14(4-5-16(15)23)27-18-17-12(6-7-25-18)8-13(22)10-26-17/h4-10H,11H2,1-3H3,(H2,24,28)(H,25,27)/t21-/m0/s1. The lowest BCUT2D eigenvalue weighted by Gasteiger charge is -2.38. The largest absolute Gasteiger partial charge is 0.386 e. The van der Waals surface area contributed by atoms with Gasteiger partial charge >= 0.3 is 0 Å². The highest BCUT2D eigenvalue weighted by Crippen LogP contribution is 2.39. The van der Waals surface area contributed by atoms with Crippen molar-refractivity contribution in [2.75, 3.05) is 11.1 Å². The summed E-state index contributed by atoms with van der Waals surface area (Å²) in [5, 5.41) is 4.41. The summed E-state index contributed by atoms with van der Waals surface area (Å²) in [5.74, 6) is -0.524. The molecule has 1 atom stereocenters. The molecule has 31 heavy (non-hydrogen) atoms. The van der Waals surface area contributed by atoms with Crippen molar-refractivity contribution in [1.82, 2.24) is 9.97 Å². The third-order valence-electron chi connectivity index (χ3n) is 5.61. The molecule has 1 aliphatic heterocycles. The van der Waals surface area contributed by atoms with E-state index in [9.17, 15) is 12.8 Å². The van der Waals surface area contributed by atoms with Gasteiger partial charge in [-0.05, 0) is 51.1 Å². The lowest BCUT2D eigenvalue weighted by Crippen LogP contribution is -2.54. The van der Waals surface area contributed by atoms with Gasteiger partial charge in [0.1, 0.15) is 27.5 Å². The van der Waals surface area contributed by atoms with Gasteiger partial charge in [-0.2, -0.15) is 0 Å². The summed E-state index contributed by atoms with van der Waals surface area (Å²) in [7, 11) is -3.67. The Morgan fingerprint density at radius 3 is 2.61 bits per heavy atom. The van der Waals surface area contributed by atoms with Crippen LogP contribution in [0.4, 0.5) is 15.9 Å². The Morgan fingerprint density at radius 2 is 1.90 bits per heavy atom. The maximum Gasteiger partial charge on any atom is 0.165 e. The number of aromatic nitrogens is 2. The van der Waals surface area contributed by atoms with E-state index in [2.05, 4.69) is 20.3 Å². The number of nitrogens with one attached hydrogen (secondary N) is 1. The Kier molecular flexibility index (Phi) is 4.94. The van der Waals surface area contributed by atoms with Crippen LogP contribution in [0.1, 0.15) is 26.3 Å². The Morgan fingerprint density at radius 1 is 1.16 bits per heavy atom. The highest BCUT2D eigenvalue weighted by molar-refractivity contribution is 7.93. The zero-order valence-corrected chi connectivity index (χ0v) is 18.7. The average Bonchev–Trinajstić information content (AvgIpc) is 2.67. The molecule has 162 valence electrons. The van der Waals surface area contributed by atoms with Crippen molar-refractivity contribution in [1.29, 1.82) is 0 Å². The number of halogens is 2. The number of hydrogen-bond acceptors (Lipinski definition) is 7. The molecule has 10 heteroatoms. The smallest absolute Gasteiger partial charge is 0.165 e. The minimum absolute atomic E-state index is 0.0455. The van der Waals surface area contributed by atoms with Crippen LogP contribution in [0.2, 0.25) is 5.02 Å². The van der Waals surface area contributed by atoms with E-state index in [0.717, 1.165) is 5.39 Å². The number of pyridine rings is 2. The van der Waals surface area contributed by atoms with Gasteiger partial charge < -0.3 is 11.1 Å². The maximum absolute atomic E-state index is 14.8. The minimum Gasteiger partial charge on any atom is -0.386 e. The lowest BCUT2D eigenvalue weighted by atomic mass is 9.92. The summed E-state index contributed by atoms with van der Waals surface area (Å²) >= 11 is 6.01. The third-order valence-corrected chi connectivity index (χ3v) is 8.52. The van der Waals surface area contributed by atoms with Crippen molar-refractivity contribution in [2.24, 2.45) is 10.7 Å². The fourth-order valence-electron chi connectivity index (χ4n) is 3.56. The predicted octanol–water partition coefficient (Wildman–Crippen LogP) is 3.95. The van der Waals surface area contributed by atoms with Crippen molar-refractivity contribution in [3.05, 3.63) is 59.1 Å². The SMILES string of the molecule is CC1(C)C(N)=N[C@](C)(c2cc(Nc3nccc4cc(Cl)cnc34)ccc2F)CS1(=O)=O. The second-order valence-corrected chi connectivity index (χ2v) is 11.2. The number of amidine groups is 1. The summed E-state index contributed by atoms with van der Waals surface area (Å²) in [6.45, 7) is 4.57. The first-order valence-electron chi connectivity index (χ1n) is 9.48. The molecular formula is C21H21ClFN5O2S. The van der Waals surface area contributed by atoms with Crippen molar-refractivity contribution in [2.45, 2.75) is 31.1 Å². The molecular weight excluding hydrogens is 441 g/mol. The summed E-state index contributed by atoms with van der Waals surface area (Å²) < 4.78 is 39.2. The molecule has 0 spiro atoms. The van der Waals surface area contributed by atoms with E-state index in [-0.39, 0.29) is 17.2 Å². The third kappa shape index (κ3) is 3.61. The fourth-order valence-corrected chi connectivity index (χ4v) is 5.41. The van der Waals surface area contributed by atoms with Crippen LogP contribution < -0.4 is 11.1 Å². The van der Waals surface area contributed by atoms with Gasteiger partial charge in [0.15, 0.2) is 15.7 Å². The molecule has 0 saturated heterocycles. The molecule has 0 fully saturated rings. The number of nitrogens with zero attached hydrogens (tertiary/aromatic N) is 3. The van der Waals surface area contributed by atoms with E-state index in [0.29, 0.717) is 22.0 Å². The molecule has 0 bridgehead atoms. The monoisotopic (exact) mass is 461 g/mol. The van der Waals surface area contributed by atoms with Crippen LogP contribution in [0, 0.1) is 5.82 Å². The molecule has 4 rings (SSSR count). The summed E-state index contributed by atoms with van der Waals surface area (Å²) in [6, 6.07) is 7.86. The van der Waals surface area contributed by atoms with Crippen molar-refractivity contribution in [3.63, 3.8) is 0 Å². The van der Waals surface area contributed by atoms with Gasteiger partial charge in [0, 0.05) is 29.0 Å². The predicted molar refractivity (Wildman–Crippen MR) is 121 cm³/mol. The van der Waals surface area contributed by atoms with Gasteiger partial charge in [-0.25, -0.2) is 17.8 Å². The molecule has 3 heterocycles. The number of rotatable bonds is 3. The van der Waals surface area contributed by atoms with Gasteiger partial charge in [0.25, 0.3) is 0 Å². The maximum atomic E-state index is 14.8. The van der Waals surface area contributed by atoms with Crippen molar-refractivity contribution in [3.8, 4) is 0 Å². The first kappa shape index (κ1) is 21.5. The molecule has 7 nitrogen and oxygen atoms in total. The van der Waals surface area contributed by atoms with Gasteiger partial charge in [0.2, 0.25) is 0 Å². The summed E-state index contributed by atoms with van der Waals surface area (Å²) in [5.41, 5.74) is 5.85. The van der Waals surface area contributed by atoms with Crippen LogP contribution >= 0.6 is 11.6 Å². The Balaban J connectivity index is 1.78. The number of sulfone groups is 1. The van der Waals surface area contributed by atoms with Crippen molar-refractivity contribution < 1.29 is 12.8 Å². The second-order valence-electron chi connectivity index (χ2n) is 8.24. The Bertz CT molecular complexity index is 1340. The van der Waals surface area contributed by atoms with E-state index >= 15 is 0 Å². The summed E-state index contributed by atoms with van der Waals surface area (Å²) in [4.78, 5) is 13.0. The van der Waals surface area contributed by atoms with E-state index in [1.54, 1.807) is 25.3 Å². The van der Waals surface area contributed by atoms with Crippen LogP contribution in [0.25, 0.3) is 10.9 Å². The number of benzene rings is 1. The van der Waals surface area contributed by atoms with Gasteiger partial charge in [-0.3, -0.25) is 9.98 Å². The highest BCUT2D eigenvalue weighted by Gasteiger charge is 2.49. The Labute approximate surface area is 184 Å². The normalized spacial score (nSPS) is 22.2. The van der Waals surface area contributed by atoms with Crippen LogP contribution in [-0.2, 0) is 15.4 Å². The zero-order valence-electron chi connectivity index (χ0n) is 17.1. The number of aliphatic imine (C=N–C) groups is 1. The molecule has 3 aromatic rings.